The Balaban J connectivity index is 2.15. The lowest BCUT2D eigenvalue weighted by molar-refractivity contribution is 0.242. The number of hydrogen-bond donors (Lipinski definition) is 2. The standard InChI is InChI=1S/C16H21NO4S/c1-12(2)10-13-5-7-14(8-6-13)22(19,20)17-15(11-18)16-4-3-9-21-16/h3-9,12,15,17-18H,10-11H2,1-2H3. The Hall–Kier alpha value is -1.63. The molecule has 1 unspecified atom stereocenters. The van der Waals surface area contributed by atoms with Gasteiger partial charge in [-0.3, -0.25) is 0 Å². The van der Waals surface area contributed by atoms with Crippen LogP contribution in [0.15, 0.2) is 52.0 Å². The SMILES string of the molecule is CC(C)Cc1ccc(S(=O)(=O)NC(CO)c2ccco2)cc1. The van der Waals surface area contributed by atoms with E-state index in [1.165, 1.54) is 6.26 Å². The third-order valence-corrected chi connectivity index (χ3v) is 4.73. The number of furan rings is 1. The number of sulfonamides is 1. The van der Waals surface area contributed by atoms with E-state index in [4.69, 9.17) is 4.42 Å². The molecule has 22 heavy (non-hydrogen) atoms. The fourth-order valence-electron chi connectivity index (χ4n) is 2.21. The molecule has 2 N–H and O–H groups in total. The van der Waals surface area contributed by atoms with Crippen molar-refractivity contribution < 1.29 is 17.9 Å². The first kappa shape index (κ1) is 16.7. The van der Waals surface area contributed by atoms with Crippen LogP contribution in [0, 0.1) is 5.92 Å². The predicted molar refractivity (Wildman–Crippen MR) is 83.8 cm³/mol. The van der Waals surface area contributed by atoms with Crippen molar-refractivity contribution in [3.8, 4) is 0 Å². The van der Waals surface area contributed by atoms with Crippen molar-refractivity contribution in [3.05, 3.63) is 54.0 Å². The normalized spacial score (nSPS) is 13.5. The van der Waals surface area contributed by atoms with Crippen LogP contribution in [0.3, 0.4) is 0 Å². The first-order valence-electron chi connectivity index (χ1n) is 7.18. The predicted octanol–water partition coefficient (Wildman–Crippen LogP) is 2.49. The van der Waals surface area contributed by atoms with Gasteiger partial charge in [-0.1, -0.05) is 26.0 Å². The minimum absolute atomic E-state index is 0.171. The van der Waals surface area contributed by atoms with Crippen molar-refractivity contribution in [2.45, 2.75) is 31.2 Å². The molecule has 1 heterocycles. The van der Waals surface area contributed by atoms with Crippen LogP contribution >= 0.6 is 0 Å². The van der Waals surface area contributed by atoms with Gasteiger partial charge in [0.2, 0.25) is 10.0 Å². The van der Waals surface area contributed by atoms with Crippen LogP contribution in [-0.2, 0) is 16.4 Å². The zero-order valence-corrected chi connectivity index (χ0v) is 13.5. The average Bonchev–Trinajstić information content (AvgIpc) is 2.99. The molecule has 1 aromatic heterocycles. The molecule has 0 aliphatic carbocycles. The summed E-state index contributed by atoms with van der Waals surface area (Å²) in [5, 5.41) is 9.36. The second kappa shape index (κ2) is 7.09. The molecule has 5 nitrogen and oxygen atoms in total. The van der Waals surface area contributed by atoms with Crippen molar-refractivity contribution in [1.29, 1.82) is 0 Å². The van der Waals surface area contributed by atoms with Gasteiger partial charge in [0.1, 0.15) is 11.8 Å². The van der Waals surface area contributed by atoms with Gasteiger partial charge in [0, 0.05) is 0 Å². The molecule has 0 fully saturated rings. The molecule has 0 amide bonds. The van der Waals surface area contributed by atoms with Gasteiger partial charge in [-0.25, -0.2) is 8.42 Å². The van der Waals surface area contributed by atoms with Crippen LogP contribution in [-0.4, -0.2) is 20.1 Å². The van der Waals surface area contributed by atoms with Crippen LogP contribution in [0.4, 0.5) is 0 Å². The van der Waals surface area contributed by atoms with Crippen molar-refractivity contribution in [2.24, 2.45) is 5.92 Å². The number of aliphatic hydroxyl groups excluding tert-OH is 1. The maximum absolute atomic E-state index is 12.4. The van der Waals surface area contributed by atoms with E-state index in [0.717, 1.165) is 12.0 Å². The Kier molecular flexibility index (Phi) is 5.39. The zero-order valence-electron chi connectivity index (χ0n) is 12.7. The second-order valence-corrected chi connectivity index (χ2v) is 7.33. The largest absolute Gasteiger partial charge is 0.468 e. The molecule has 1 aromatic carbocycles. The molecule has 0 saturated carbocycles. The summed E-state index contributed by atoms with van der Waals surface area (Å²) >= 11 is 0. The van der Waals surface area contributed by atoms with Gasteiger partial charge in [0.05, 0.1) is 17.8 Å². The quantitative estimate of drug-likeness (QED) is 0.820. The highest BCUT2D eigenvalue weighted by atomic mass is 32.2. The lowest BCUT2D eigenvalue weighted by atomic mass is 10.0. The Morgan fingerprint density at radius 1 is 1.18 bits per heavy atom. The van der Waals surface area contributed by atoms with E-state index >= 15 is 0 Å². The van der Waals surface area contributed by atoms with Crippen molar-refractivity contribution >= 4 is 10.0 Å². The summed E-state index contributed by atoms with van der Waals surface area (Å²) in [5.74, 6) is 0.890. The summed E-state index contributed by atoms with van der Waals surface area (Å²) < 4.78 is 32.3. The van der Waals surface area contributed by atoms with Crippen LogP contribution in [0.25, 0.3) is 0 Å². The highest BCUT2D eigenvalue weighted by molar-refractivity contribution is 7.89. The monoisotopic (exact) mass is 323 g/mol. The minimum Gasteiger partial charge on any atom is -0.468 e. The van der Waals surface area contributed by atoms with E-state index in [9.17, 15) is 13.5 Å². The number of hydrogen-bond acceptors (Lipinski definition) is 4. The Morgan fingerprint density at radius 3 is 2.36 bits per heavy atom. The Labute approximate surface area is 131 Å². The first-order valence-corrected chi connectivity index (χ1v) is 8.66. The van der Waals surface area contributed by atoms with Crippen molar-refractivity contribution in [3.63, 3.8) is 0 Å². The third kappa shape index (κ3) is 4.19. The van der Waals surface area contributed by atoms with Crippen LogP contribution in [0.2, 0.25) is 0 Å². The van der Waals surface area contributed by atoms with Gasteiger partial charge in [-0.2, -0.15) is 4.72 Å². The van der Waals surface area contributed by atoms with E-state index in [-0.39, 0.29) is 11.5 Å². The lowest BCUT2D eigenvalue weighted by Gasteiger charge is -2.14. The van der Waals surface area contributed by atoms with Gasteiger partial charge in [0.15, 0.2) is 0 Å². The highest BCUT2D eigenvalue weighted by Gasteiger charge is 2.22. The lowest BCUT2D eigenvalue weighted by Crippen LogP contribution is -2.30. The van der Waals surface area contributed by atoms with E-state index in [1.807, 2.05) is 12.1 Å². The summed E-state index contributed by atoms with van der Waals surface area (Å²) in [6.07, 6.45) is 2.34. The summed E-state index contributed by atoms with van der Waals surface area (Å²) in [4.78, 5) is 0.171. The number of nitrogens with one attached hydrogen (secondary N) is 1. The van der Waals surface area contributed by atoms with Gasteiger partial charge in [0.25, 0.3) is 0 Å². The molecule has 6 heteroatoms. The van der Waals surface area contributed by atoms with E-state index < -0.39 is 16.1 Å². The molecule has 0 saturated heterocycles. The minimum atomic E-state index is -3.71. The number of rotatable bonds is 7. The summed E-state index contributed by atoms with van der Waals surface area (Å²) in [7, 11) is -3.71. The highest BCUT2D eigenvalue weighted by Crippen LogP contribution is 2.18. The van der Waals surface area contributed by atoms with E-state index in [0.29, 0.717) is 11.7 Å². The average molecular weight is 323 g/mol. The summed E-state index contributed by atoms with van der Waals surface area (Å²) in [6, 6.07) is 9.26. The van der Waals surface area contributed by atoms with Gasteiger partial charge in [-0.15, -0.1) is 0 Å². The smallest absolute Gasteiger partial charge is 0.241 e. The summed E-state index contributed by atoms with van der Waals surface area (Å²) in [6.45, 7) is 3.85. The maximum atomic E-state index is 12.4. The zero-order chi connectivity index (χ0) is 16.2. The fraction of sp³-hybridized carbons (Fsp3) is 0.375. The van der Waals surface area contributed by atoms with Gasteiger partial charge < -0.3 is 9.52 Å². The second-order valence-electron chi connectivity index (χ2n) is 5.61. The molecule has 120 valence electrons. The molecule has 0 aliphatic heterocycles. The van der Waals surface area contributed by atoms with Crippen LogP contribution in [0.1, 0.15) is 31.2 Å². The van der Waals surface area contributed by atoms with Crippen molar-refractivity contribution in [2.75, 3.05) is 6.61 Å². The van der Waals surface area contributed by atoms with Crippen molar-refractivity contribution in [1.82, 2.24) is 4.72 Å². The molecule has 0 spiro atoms. The number of aliphatic hydroxyl groups is 1. The third-order valence-electron chi connectivity index (χ3n) is 3.24. The van der Waals surface area contributed by atoms with Gasteiger partial charge >= 0.3 is 0 Å². The van der Waals surface area contributed by atoms with Crippen LogP contribution < -0.4 is 4.72 Å². The maximum Gasteiger partial charge on any atom is 0.241 e. The molecule has 2 rings (SSSR count). The van der Waals surface area contributed by atoms with E-state index in [1.54, 1.807) is 24.3 Å². The van der Waals surface area contributed by atoms with Gasteiger partial charge in [-0.05, 0) is 42.2 Å². The first-order chi connectivity index (χ1) is 10.4. The molecule has 1 atom stereocenters. The molecular formula is C16H21NO4S. The molecule has 0 bridgehead atoms. The molecule has 0 aliphatic rings. The fourth-order valence-corrected chi connectivity index (χ4v) is 3.40. The summed E-state index contributed by atoms with van der Waals surface area (Å²) in [5.41, 5.74) is 1.10. The Bertz CT molecular complexity index is 675. The topological polar surface area (TPSA) is 79.5 Å². The number of benzene rings is 1. The molecular weight excluding hydrogens is 302 g/mol. The molecule has 2 aromatic rings. The van der Waals surface area contributed by atoms with Crippen LogP contribution in [0.5, 0.6) is 0 Å². The van der Waals surface area contributed by atoms with E-state index in [2.05, 4.69) is 18.6 Å². The molecule has 0 radical (unpaired) electrons. The Morgan fingerprint density at radius 2 is 1.86 bits per heavy atom.